The highest BCUT2D eigenvalue weighted by Crippen LogP contribution is 2.15. The zero-order valence-electron chi connectivity index (χ0n) is 10.5. The molecule has 8 heteroatoms. The van der Waals surface area contributed by atoms with Gasteiger partial charge in [0.15, 0.2) is 0 Å². The summed E-state index contributed by atoms with van der Waals surface area (Å²) in [6, 6.07) is 4.95. The van der Waals surface area contributed by atoms with Gasteiger partial charge in [-0.3, -0.25) is 4.79 Å². The lowest BCUT2D eigenvalue weighted by Gasteiger charge is -2.07. The second kappa shape index (κ2) is 6.19. The van der Waals surface area contributed by atoms with E-state index in [-0.39, 0.29) is 11.3 Å². The maximum Gasteiger partial charge on any atom is 0.274 e. The van der Waals surface area contributed by atoms with Crippen LogP contribution in [0.4, 0.5) is 11.5 Å². The number of hydrogen-bond acceptors (Lipinski definition) is 5. The number of aromatic nitrogens is 2. The van der Waals surface area contributed by atoms with Gasteiger partial charge in [0, 0.05) is 23.9 Å². The molecule has 0 spiro atoms. The standard InChI is InChI=1S/C12H12BrN3O3S/c1-16-6-9(13)4-10(12(16)17)15-11-3-2-8(5-14-11)7-20(18)19/h2-6,20H,7H2,1H3,(H,14,15). The van der Waals surface area contributed by atoms with Crippen LogP contribution in [-0.2, 0) is 23.5 Å². The molecule has 0 atom stereocenters. The SMILES string of the molecule is Cn1cc(Br)cc(Nc2ccc(C[SH](=O)=O)cn2)c1=O. The van der Waals surface area contributed by atoms with Crippen molar-refractivity contribution in [1.82, 2.24) is 9.55 Å². The first-order valence-electron chi connectivity index (χ1n) is 5.65. The highest BCUT2D eigenvalue weighted by atomic mass is 79.9. The van der Waals surface area contributed by atoms with E-state index < -0.39 is 10.7 Å². The Bertz CT molecular complexity index is 746. The quantitative estimate of drug-likeness (QED) is 0.808. The summed E-state index contributed by atoms with van der Waals surface area (Å²) in [6.45, 7) is 0. The molecule has 0 radical (unpaired) electrons. The predicted molar refractivity (Wildman–Crippen MR) is 80.9 cm³/mol. The second-order valence-electron chi connectivity index (χ2n) is 4.16. The molecule has 0 amide bonds. The van der Waals surface area contributed by atoms with Gasteiger partial charge in [-0.1, -0.05) is 6.07 Å². The van der Waals surface area contributed by atoms with E-state index >= 15 is 0 Å². The van der Waals surface area contributed by atoms with Gasteiger partial charge in [0.2, 0.25) is 0 Å². The average Bonchev–Trinajstić information content (AvgIpc) is 2.37. The monoisotopic (exact) mass is 357 g/mol. The number of thiol groups is 1. The summed E-state index contributed by atoms with van der Waals surface area (Å²) in [7, 11) is -0.816. The number of nitrogens with zero attached hydrogens (tertiary/aromatic N) is 2. The predicted octanol–water partition coefficient (Wildman–Crippen LogP) is 1.40. The third-order valence-corrected chi connectivity index (χ3v) is 3.61. The van der Waals surface area contributed by atoms with E-state index in [9.17, 15) is 13.2 Å². The third-order valence-electron chi connectivity index (χ3n) is 2.55. The Labute approximate surface area is 125 Å². The Kier molecular flexibility index (Phi) is 4.56. The van der Waals surface area contributed by atoms with Crippen molar-refractivity contribution in [3.63, 3.8) is 0 Å². The number of aryl methyl sites for hydroxylation is 1. The van der Waals surface area contributed by atoms with E-state index in [4.69, 9.17) is 0 Å². The Balaban J connectivity index is 2.24. The minimum atomic E-state index is -2.47. The van der Waals surface area contributed by atoms with Crippen LogP contribution in [0.25, 0.3) is 0 Å². The van der Waals surface area contributed by atoms with Crippen LogP contribution in [0.1, 0.15) is 5.56 Å². The number of hydrogen-bond donors (Lipinski definition) is 2. The van der Waals surface area contributed by atoms with Crippen molar-refractivity contribution in [2.75, 3.05) is 5.32 Å². The molecule has 20 heavy (non-hydrogen) atoms. The molecule has 0 aliphatic rings. The second-order valence-corrected chi connectivity index (χ2v) is 6.05. The fraction of sp³-hybridized carbons (Fsp3) is 0.167. The molecular formula is C12H12BrN3O3S. The minimum Gasteiger partial charge on any atom is -0.336 e. The summed E-state index contributed by atoms with van der Waals surface area (Å²) in [5.74, 6) is 0.437. The Morgan fingerprint density at radius 1 is 1.40 bits per heavy atom. The molecule has 106 valence electrons. The molecule has 6 nitrogen and oxygen atoms in total. The van der Waals surface area contributed by atoms with Gasteiger partial charge < -0.3 is 9.88 Å². The molecule has 2 rings (SSSR count). The van der Waals surface area contributed by atoms with Crippen molar-refractivity contribution in [3.8, 4) is 0 Å². The van der Waals surface area contributed by atoms with E-state index in [0.29, 0.717) is 17.1 Å². The highest BCUT2D eigenvalue weighted by Gasteiger charge is 2.05. The van der Waals surface area contributed by atoms with E-state index in [1.807, 2.05) is 0 Å². The average molecular weight is 358 g/mol. The lowest BCUT2D eigenvalue weighted by atomic mass is 10.3. The molecule has 0 unspecified atom stereocenters. The molecule has 2 aromatic heterocycles. The van der Waals surface area contributed by atoms with Gasteiger partial charge in [-0.25, -0.2) is 13.4 Å². The fourth-order valence-electron chi connectivity index (χ4n) is 1.64. The molecule has 0 aromatic carbocycles. The zero-order valence-corrected chi connectivity index (χ0v) is 13.0. The first-order chi connectivity index (χ1) is 9.45. The summed E-state index contributed by atoms with van der Waals surface area (Å²) in [5.41, 5.74) is 0.813. The Morgan fingerprint density at radius 3 is 2.75 bits per heavy atom. The number of halogens is 1. The summed E-state index contributed by atoms with van der Waals surface area (Å²) in [4.78, 5) is 16.0. The maximum absolute atomic E-state index is 11.9. The van der Waals surface area contributed by atoms with Crippen molar-refractivity contribution in [2.24, 2.45) is 7.05 Å². The van der Waals surface area contributed by atoms with Gasteiger partial charge in [0.05, 0.1) is 5.75 Å². The van der Waals surface area contributed by atoms with Crippen LogP contribution in [0.5, 0.6) is 0 Å². The van der Waals surface area contributed by atoms with Crippen LogP contribution in [-0.4, -0.2) is 18.0 Å². The number of anilines is 2. The first-order valence-corrected chi connectivity index (χ1v) is 7.81. The van der Waals surface area contributed by atoms with Crippen LogP contribution in [0, 0.1) is 0 Å². The molecule has 0 bridgehead atoms. The van der Waals surface area contributed by atoms with E-state index in [0.717, 1.165) is 4.47 Å². The smallest absolute Gasteiger partial charge is 0.274 e. The molecule has 2 heterocycles. The van der Waals surface area contributed by atoms with Gasteiger partial charge in [-0.05, 0) is 33.6 Å². The Hall–Kier alpha value is -1.67. The third kappa shape index (κ3) is 3.67. The minimum absolute atomic E-state index is 0.0404. The van der Waals surface area contributed by atoms with Crippen molar-refractivity contribution >= 4 is 38.1 Å². The van der Waals surface area contributed by atoms with E-state index in [2.05, 4.69) is 26.2 Å². The van der Waals surface area contributed by atoms with Crippen molar-refractivity contribution in [1.29, 1.82) is 0 Å². The van der Waals surface area contributed by atoms with Gasteiger partial charge in [0.1, 0.15) is 22.2 Å². The van der Waals surface area contributed by atoms with Crippen LogP contribution in [0.15, 0.2) is 39.9 Å². The molecular weight excluding hydrogens is 346 g/mol. The van der Waals surface area contributed by atoms with Crippen LogP contribution in [0.2, 0.25) is 0 Å². The zero-order chi connectivity index (χ0) is 14.7. The number of rotatable bonds is 4. The normalized spacial score (nSPS) is 10.8. The van der Waals surface area contributed by atoms with Crippen LogP contribution >= 0.6 is 15.9 Å². The van der Waals surface area contributed by atoms with Crippen LogP contribution in [0.3, 0.4) is 0 Å². The van der Waals surface area contributed by atoms with E-state index in [1.165, 1.54) is 10.8 Å². The molecule has 0 aliphatic carbocycles. The van der Waals surface area contributed by atoms with Gasteiger partial charge in [-0.2, -0.15) is 0 Å². The molecule has 2 aromatic rings. The van der Waals surface area contributed by atoms with Gasteiger partial charge in [-0.15, -0.1) is 0 Å². The van der Waals surface area contributed by atoms with Crippen molar-refractivity contribution in [3.05, 3.63) is 51.0 Å². The molecule has 0 aliphatic heterocycles. The number of nitrogens with one attached hydrogen (secondary N) is 1. The van der Waals surface area contributed by atoms with Crippen molar-refractivity contribution in [2.45, 2.75) is 5.75 Å². The molecule has 1 N–H and O–H groups in total. The summed E-state index contributed by atoms with van der Waals surface area (Å²) < 4.78 is 23.4. The van der Waals surface area contributed by atoms with Gasteiger partial charge >= 0.3 is 0 Å². The summed E-state index contributed by atoms with van der Waals surface area (Å²) in [6.07, 6.45) is 3.13. The molecule has 0 saturated carbocycles. The van der Waals surface area contributed by atoms with Crippen molar-refractivity contribution < 1.29 is 8.42 Å². The summed E-state index contributed by atoms with van der Waals surface area (Å²) >= 11 is 3.31. The largest absolute Gasteiger partial charge is 0.336 e. The summed E-state index contributed by atoms with van der Waals surface area (Å²) in [5, 5.41) is 2.91. The lowest BCUT2D eigenvalue weighted by Crippen LogP contribution is -2.19. The lowest BCUT2D eigenvalue weighted by molar-refractivity contribution is 0.614. The fourth-order valence-corrected chi connectivity index (χ4v) is 2.66. The Morgan fingerprint density at radius 2 is 2.15 bits per heavy atom. The maximum atomic E-state index is 11.9. The topological polar surface area (TPSA) is 81.1 Å². The molecule has 0 fully saturated rings. The molecule has 0 saturated heterocycles. The highest BCUT2D eigenvalue weighted by molar-refractivity contribution is 9.10. The van der Waals surface area contributed by atoms with E-state index in [1.54, 1.807) is 31.4 Å². The van der Waals surface area contributed by atoms with Gasteiger partial charge in [0.25, 0.3) is 5.56 Å². The number of pyridine rings is 2. The van der Waals surface area contributed by atoms with Crippen LogP contribution < -0.4 is 10.9 Å². The first kappa shape index (κ1) is 14.7.